The van der Waals surface area contributed by atoms with Crippen molar-refractivity contribution in [3.05, 3.63) is 54.1 Å². The number of amides is 1. The molecule has 33 heavy (non-hydrogen) atoms. The van der Waals surface area contributed by atoms with Gasteiger partial charge in [0, 0.05) is 24.3 Å². The third kappa shape index (κ3) is 6.99. The monoisotopic (exact) mass is 489 g/mol. The summed E-state index contributed by atoms with van der Waals surface area (Å²) in [5, 5.41) is 5.67. The molecule has 1 saturated heterocycles. The molecule has 1 amide bonds. The number of rotatable bonds is 7. The van der Waals surface area contributed by atoms with Crippen LogP contribution in [-0.4, -0.2) is 43.4 Å². The molecule has 2 N–H and O–H groups in total. The predicted molar refractivity (Wildman–Crippen MR) is 134 cm³/mol. The van der Waals surface area contributed by atoms with E-state index in [0.29, 0.717) is 48.5 Å². The Balaban J connectivity index is 1.54. The highest BCUT2D eigenvalue weighted by molar-refractivity contribution is 7.89. The van der Waals surface area contributed by atoms with Crippen LogP contribution < -0.4 is 15.4 Å². The minimum Gasteiger partial charge on any atom is -0.493 e. The first-order valence-electron chi connectivity index (χ1n) is 11.1. The molecule has 1 fully saturated rings. The molecular formula is C24H31N3O4S2. The second kappa shape index (κ2) is 11.1. The number of benzene rings is 2. The van der Waals surface area contributed by atoms with Crippen LogP contribution in [0.1, 0.15) is 44.0 Å². The first kappa shape index (κ1) is 25.1. The first-order valence-corrected chi connectivity index (χ1v) is 13.0. The fourth-order valence-corrected chi connectivity index (χ4v) is 5.07. The smallest absolute Gasteiger partial charge is 0.257 e. The molecule has 0 unspecified atom stereocenters. The minimum atomic E-state index is -3.51. The third-order valence-corrected chi connectivity index (χ3v) is 7.54. The predicted octanol–water partition coefficient (Wildman–Crippen LogP) is 4.27. The van der Waals surface area contributed by atoms with Gasteiger partial charge in [-0.1, -0.05) is 20.8 Å². The molecule has 2 aromatic carbocycles. The quantitative estimate of drug-likeness (QED) is 0.565. The highest BCUT2D eigenvalue weighted by Crippen LogP contribution is 2.24. The molecule has 1 aliphatic rings. The van der Waals surface area contributed by atoms with Crippen LogP contribution in [0.3, 0.4) is 0 Å². The Kier molecular flexibility index (Phi) is 8.45. The van der Waals surface area contributed by atoms with E-state index in [1.807, 2.05) is 0 Å². The number of hydrogen-bond donors (Lipinski definition) is 2. The van der Waals surface area contributed by atoms with Gasteiger partial charge in [-0.2, -0.15) is 4.31 Å². The molecule has 2 aromatic rings. The maximum atomic E-state index is 12.8. The maximum absolute atomic E-state index is 12.8. The van der Waals surface area contributed by atoms with Gasteiger partial charge < -0.3 is 10.1 Å². The summed E-state index contributed by atoms with van der Waals surface area (Å²) in [4.78, 5) is 12.7. The van der Waals surface area contributed by atoms with Crippen LogP contribution in [-0.2, 0) is 10.0 Å². The molecule has 0 spiro atoms. The zero-order valence-electron chi connectivity index (χ0n) is 19.2. The molecule has 1 aliphatic heterocycles. The van der Waals surface area contributed by atoms with Crippen LogP contribution in [0.25, 0.3) is 0 Å². The Morgan fingerprint density at radius 3 is 2.27 bits per heavy atom. The average Bonchev–Trinajstić information content (AvgIpc) is 2.78. The largest absolute Gasteiger partial charge is 0.493 e. The fraction of sp³-hybridized carbons (Fsp3) is 0.417. The second-order valence-electron chi connectivity index (χ2n) is 8.75. The molecule has 1 heterocycles. The molecular weight excluding hydrogens is 458 g/mol. The zero-order valence-corrected chi connectivity index (χ0v) is 20.8. The van der Waals surface area contributed by atoms with Gasteiger partial charge in [-0.25, -0.2) is 8.42 Å². The average molecular weight is 490 g/mol. The normalized spacial score (nSPS) is 15.3. The van der Waals surface area contributed by atoms with Crippen LogP contribution in [0.5, 0.6) is 5.75 Å². The molecule has 3 rings (SSSR count). The van der Waals surface area contributed by atoms with Crippen molar-refractivity contribution < 1.29 is 17.9 Å². The lowest BCUT2D eigenvalue weighted by molar-refractivity contribution is 0.0977. The molecule has 0 saturated carbocycles. The van der Waals surface area contributed by atoms with Crippen LogP contribution in [0.4, 0.5) is 5.69 Å². The summed E-state index contributed by atoms with van der Waals surface area (Å²) >= 11 is 5.23. The van der Waals surface area contributed by atoms with E-state index in [1.54, 1.807) is 52.8 Å². The highest BCUT2D eigenvalue weighted by Gasteiger charge is 2.27. The highest BCUT2D eigenvalue weighted by atomic mass is 32.2. The van der Waals surface area contributed by atoms with E-state index < -0.39 is 10.0 Å². The Labute approximate surface area is 201 Å². The van der Waals surface area contributed by atoms with Gasteiger partial charge in [-0.05, 0) is 85.4 Å². The van der Waals surface area contributed by atoms with Crippen LogP contribution in [0.2, 0.25) is 0 Å². The number of thiocarbonyl (C=S) groups is 1. The molecule has 0 bridgehead atoms. The number of carbonyl (C=O) groups excluding carboxylic acids is 1. The van der Waals surface area contributed by atoms with Gasteiger partial charge in [-0.3, -0.25) is 10.1 Å². The number of ether oxygens (including phenoxy) is 1. The van der Waals surface area contributed by atoms with Crippen LogP contribution in [0, 0.1) is 11.8 Å². The van der Waals surface area contributed by atoms with Gasteiger partial charge in [0.15, 0.2) is 5.11 Å². The summed E-state index contributed by atoms with van der Waals surface area (Å²) in [7, 11) is -3.51. The Hall–Kier alpha value is -2.49. The van der Waals surface area contributed by atoms with Gasteiger partial charge >= 0.3 is 0 Å². The summed E-state index contributed by atoms with van der Waals surface area (Å²) in [6.45, 7) is 7.98. The van der Waals surface area contributed by atoms with Crippen molar-refractivity contribution >= 4 is 38.9 Å². The van der Waals surface area contributed by atoms with E-state index in [4.69, 9.17) is 17.0 Å². The number of piperidine rings is 1. The molecule has 0 atom stereocenters. The zero-order chi connectivity index (χ0) is 24.0. The van der Waals surface area contributed by atoms with E-state index in [9.17, 15) is 13.2 Å². The number of nitrogens with one attached hydrogen (secondary N) is 2. The van der Waals surface area contributed by atoms with E-state index in [0.717, 1.165) is 12.8 Å². The fourth-order valence-electron chi connectivity index (χ4n) is 3.39. The summed E-state index contributed by atoms with van der Waals surface area (Å²) in [5.41, 5.74) is 1.04. The van der Waals surface area contributed by atoms with Gasteiger partial charge in [-0.15, -0.1) is 0 Å². The molecule has 9 heteroatoms. The van der Waals surface area contributed by atoms with Gasteiger partial charge in [0.05, 0.1) is 11.5 Å². The Morgan fingerprint density at radius 1 is 1.09 bits per heavy atom. The van der Waals surface area contributed by atoms with Crippen molar-refractivity contribution in [2.24, 2.45) is 11.8 Å². The Bertz CT molecular complexity index is 1060. The van der Waals surface area contributed by atoms with Crippen molar-refractivity contribution in [1.29, 1.82) is 0 Å². The summed E-state index contributed by atoms with van der Waals surface area (Å²) in [5.74, 6) is 1.33. The van der Waals surface area contributed by atoms with Crippen molar-refractivity contribution in [1.82, 2.24) is 9.62 Å². The molecule has 0 radical (unpaired) electrons. The van der Waals surface area contributed by atoms with Crippen LogP contribution >= 0.6 is 12.2 Å². The first-order chi connectivity index (χ1) is 15.6. The van der Waals surface area contributed by atoms with Crippen molar-refractivity contribution in [3.63, 3.8) is 0 Å². The standard InChI is InChI=1S/C24H31N3O4S2/c1-17(2)16-31-21-8-4-19(5-9-21)23(28)26-24(32)25-20-6-10-22(11-7-20)33(29,30)27-14-12-18(3)13-15-27/h4-11,17-18H,12-16H2,1-3H3,(H2,25,26,28,32). The number of nitrogens with zero attached hydrogens (tertiary/aromatic N) is 1. The maximum Gasteiger partial charge on any atom is 0.257 e. The minimum absolute atomic E-state index is 0.126. The molecule has 0 aliphatic carbocycles. The summed E-state index contributed by atoms with van der Waals surface area (Å²) in [6, 6.07) is 13.2. The lowest BCUT2D eigenvalue weighted by Gasteiger charge is -2.29. The number of sulfonamides is 1. The summed E-state index contributed by atoms with van der Waals surface area (Å²) in [6.07, 6.45) is 1.75. The topological polar surface area (TPSA) is 87.7 Å². The van der Waals surface area contributed by atoms with E-state index in [2.05, 4.69) is 31.4 Å². The molecule has 178 valence electrons. The van der Waals surface area contributed by atoms with Gasteiger partial charge in [0.25, 0.3) is 5.91 Å². The van der Waals surface area contributed by atoms with Crippen molar-refractivity contribution in [2.45, 2.75) is 38.5 Å². The number of hydrogen-bond acceptors (Lipinski definition) is 5. The lowest BCUT2D eigenvalue weighted by Crippen LogP contribution is -2.37. The van der Waals surface area contributed by atoms with E-state index in [-0.39, 0.29) is 15.9 Å². The molecule has 7 nitrogen and oxygen atoms in total. The van der Waals surface area contributed by atoms with Gasteiger partial charge in [0.2, 0.25) is 10.0 Å². The molecule has 0 aromatic heterocycles. The Morgan fingerprint density at radius 2 is 1.70 bits per heavy atom. The lowest BCUT2D eigenvalue weighted by atomic mass is 10.0. The summed E-state index contributed by atoms with van der Waals surface area (Å²) < 4.78 is 32.8. The van der Waals surface area contributed by atoms with E-state index in [1.165, 1.54) is 0 Å². The number of carbonyl (C=O) groups is 1. The van der Waals surface area contributed by atoms with Crippen molar-refractivity contribution in [3.8, 4) is 5.75 Å². The SMILES string of the molecule is CC(C)COc1ccc(C(=O)NC(=S)Nc2ccc(S(=O)(=O)N3CCC(C)CC3)cc2)cc1. The van der Waals surface area contributed by atoms with Crippen molar-refractivity contribution in [2.75, 3.05) is 25.0 Å². The van der Waals surface area contributed by atoms with Crippen LogP contribution in [0.15, 0.2) is 53.4 Å². The van der Waals surface area contributed by atoms with Gasteiger partial charge in [0.1, 0.15) is 5.75 Å². The number of anilines is 1. The third-order valence-electron chi connectivity index (χ3n) is 5.42. The second-order valence-corrected chi connectivity index (χ2v) is 11.1. The van der Waals surface area contributed by atoms with E-state index >= 15 is 0 Å².